The van der Waals surface area contributed by atoms with Crippen LogP contribution in [0.25, 0.3) is 0 Å². The van der Waals surface area contributed by atoms with Crippen LogP contribution in [0.4, 0.5) is 11.4 Å². The summed E-state index contributed by atoms with van der Waals surface area (Å²) in [5, 5.41) is 24.2. The van der Waals surface area contributed by atoms with Crippen molar-refractivity contribution in [2.45, 2.75) is 32.5 Å². The third-order valence-corrected chi connectivity index (χ3v) is 3.56. The van der Waals surface area contributed by atoms with Gasteiger partial charge >= 0.3 is 5.69 Å². The van der Waals surface area contributed by atoms with Crippen molar-refractivity contribution in [2.24, 2.45) is 0 Å². The first-order valence-corrected chi connectivity index (χ1v) is 8.05. The van der Waals surface area contributed by atoms with Crippen LogP contribution in [-0.4, -0.2) is 40.3 Å². The Morgan fingerprint density at radius 3 is 2.71 bits per heavy atom. The molecule has 1 unspecified atom stereocenters. The Balaban J connectivity index is 2.87. The number of anilines is 1. The van der Waals surface area contributed by atoms with E-state index in [1.807, 2.05) is 20.1 Å². The summed E-state index contributed by atoms with van der Waals surface area (Å²) < 4.78 is 5.48. The molecule has 0 fully saturated rings. The fourth-order valence-electron chi connectivity index (χ4n) is 1.78. The Bertz CT molecular complexity index is 492. The Labute approximate surface area is 129 Å². The van der Waals surface area contributed by atoms with Gasteiger partial charge < -0.3 is 15.2 Å². The molecule has 0 saturated carbocycles. The van der Waals surface area contributed by atoms with Crippen molar-refractivity contribution >= 4 is 23.1 Å². The molecule has 0 saturated heterocycles. The van der Waals surface area contributed by atoms with Crippen LogP contribution in [-0.2, 0) is 0 Å². The monoisotopic (exact) mass is 314 g/mol. The van der Waals surface area contributed by atoms with Crippen LogP contribution in [0.2, 0.25) is 0 Å². The average Bonchev–Trinajstić information content (AvgIpc) is 2.35. The maximum Gasteiger partial charge on any atom is 0.311 e. The summed E-state index contributed by atoms with van der Waals surface area (Å²) in [7, 11) is 0. The molecule has 2 N–H and O–H groups in total. The molecule has 1 atom stereocenters. The highest BCUT2D eigenvalue weighted by atomic mass is 32.2. The molecule has 0 heterocycles. The van der Waals surface area contributed by atoms with E-state index in [1.165, 1.54) is 6.07 Å². The molecule has 0 bridgehead atoms. The molecule has 1 rings (SSSR count). The van der Waals surface area contributed by atoms with Gasteiger partial charge in [0, 0.05) is 30.1 Å². The van der Waals surface area contributed by atoms with Gasteiger partial charge in [0.15, 0.2) is 5.75 Å². The zero-order valence-corrected chi connectivity index (χ0v) is 13.6. The smallest absolute Gasteiger partial charge is 0.311 e. The number of rotatable bonds is 8. The minimum atomic E-state index is -0.847. The molecule has 21 heavy (non-hydrogen) atoms. The number of nitro benzene ring substituents is 1. The molecule has 0 aliphatic heterocycles. The molecule has 0 radical (unpaired) electrons. The van der Waals surface area contributed by atoms with Gasteiger partial charge in [-0.3, -0.25) is 10.1 Å². The highest BCUT2D eigenvalue weighted by molar-refractivity contribution is 7.98. The third kappa shape index (κ3) is 5.81. The number of ether oxygens (including phenoxy) is 1. The minimum absolute atomic E-state index is 0.0647. The van der Waals surface area contributed by atoms with Gasteiger partial charge in [-0.1, -0.05) is 0 Å². The van der Waals surface area contributed by atoms with E-state index in [9.17, 15) is 15.2 Å². The van der Waals surface area contributed by atoms with Crippen LogP contribution in [0.5, 0.6) is 5.75 Å². The second kappa shape index (κ2) is 7.51. The quantitative estimate of drug-likeness (QED) is 0.567. The van der Waals surface area contributed by atoms with E-state index in [0.717, 1.165) is 0 Å². The fourth-order valence-corrected chi connectivity index (χ4v) is 2.50. The number of nitrogens with one attached hydrogen (secondary N) is 1. The first-order chi connectivity index (χ1) is 9.75. The van der Waals surface area contributed by atoms with Crippen molar-refractivity contribution in [3.05, 3.63) is 28.3 Å². The maximum atomic E-state index is 11.0. The Hall–Kier alpha value is -1.47. The van der Waals surface area contributed by atoms with Crippen LogP contribution >= 0.6 is 11.8 Å². The summed E-state index contributed by atoms with van der Waals surface area (Å²) in [6.07, 6.45) is 1.77. The predicted octanol–water partition coefficient (Wildman–Crippen LogP) is 2.91. The van der Waals surface area contributed by atoms with Crippen molar-refractivity contribution in [2.75, 3.05) is 23.9 Å². The van der Waals surface area contributed by atoms with Crippen molar-refractivity contribution < 1.29 is 14.8 Å². The first kappa shape index (κ1) is 17.6. The van der Waals surface area contributed by atoms with Crippen LogP contribution in [0.3, 0.4) is 0 Å². The lowest BCUT2D eigenvalue weighted by Gasteiger charge is -2.23. The lowest BCUT2D eigenvalue weighted by molar-refractivity contribution is -0.386. The molecular formula is C14H22N2O4S. The molecular weight excluding hydrogens is 292 g/mol. The van der Waals surface area contributed by atoms with Gasteiger partial charge in [-0.05, 0) is 33.1 Å². The van der Waals surface area contributed by atoms with Gasteiger partial charge in [0.2, 0.25) is 0 Å². The maximum absolute atomic E-state index is 11.0. The molecule has 1 aromatic rings. The van der Waals surface area contributed by atoms with E-state index in [0.29, 0.717) is 18.0 Å². The Morgan fingerprint density at radius 2 is 2.19 bits per heavy atom. The standard InChI is InChI=1S/C14H22N2O4S/c1-10(2)20-13-7-11(5-6-12(13)16(18)19)15-8-14(3,17)9-21-4/h5-7,10,15,17H,8-9H2,1-4H3. The largest absolute Gasteiger partial charge is 0.484 e. The molecule has 6 nitrogen and oxygen atoms in total. The molecule has 0 aliphatic carbocycles. The number of hydrogen-bond donors (Lipinski definition) is 2. The number of nitrogens with zero attached hydrogens (tertiary/aromatic N) is 1. The number of hydrogen-bond acceptors (Lipinski definition) is 6. The van der Waals surface area contributed by atoms with Gasteiger partial charge in [-0.15, -0.1) is 0 Å². The van der Waals surface area contributed by atoms with E-state index in [-0.39, 0.29) is 17.5 Å². The summed E-state index contributed by atoms with van der Waals surface area (Å²) in [6.45, 7) is 5.72. The SMILES string of the molecule is CSCC(C)(O)CNc1ccc([N+](=O)[O-])c(OC(C)C)c1. The Morgan fingerprint density at radius 1 is 1.52 bits per heavy atom. The normalized spacial score (nSPS) is 13.8. The minimum Gasteiger partial charge on any atom is -0.484 e. The van der Waals surface area contributed by atoms with Gasteiger partial charge in [0.1, 0.15) is 0 Å². The number of aliphatic hydroxyl groups is 1. The number of nitro groups is 1. The molecule has 0 aliphatic rings. The zero-order valence-electron chi connectivity index (χ0n) is 12.8. The Kier molecular flexibility index (Phi) is 6.29. The molecule has 0 amide bonds. The number of thioether (sulfide) groups is 1. The lowest BCUT2D eigenvalue weighted by Crippen LogP contribution is -2.36. The summed E-state index contributed by atoms with van der Waals surface area (Å²) in [6, 6.07) is 4.61. The summed E-state index contributed by atoms with van der Waals surface area (Å²) in [5.74, 6) is 0.826. The molecule has 0 aromatic heterocycles. The van der Waals surface area contributed by atoms with Crippen LogP contribution in [0.15, 0.2) is 18.2 Å². The van der Waals surface area contributed by atoms with Gasteiger partial charge in [-0.25, -0.2) is 0 Å². The van der Waals surface area contributed by atoms with E-state index in [1.54, 1.807) is 30.8 Å². The van der Waals surface area contributed by atoms with Gasteiger partial charge in [0.25, 0.3) is 0 Å². The average molecular weight is 314 g/mol. The second-order valence-corrected chi connectivity index (χ2v) is 6.26. The predicted molar refractivity (Wildman–Crippen MR) is 86.4 cm³/mol. The van der Waals surface area contributed by atoms with Crippen LogP contribution < -0.4 is 10.1 Å². The summed E-state index contributed by atoms with van der Waals surface area (Å²) in [5.41, 5.74) is -0.233. The van der Waals surface area contributed by atoms with E-state index >= 15 is 0 Å². The van der Waals surface area contributed by atoms with Gasteiger partial charge in [-0.2, -0.15) is 11.8 Å². The van der Waals surface area contributed by atoms with Crippen molar-refractivity contribution in [3.63, 3.8) is 0 Å². The zero-order chi connectivity index (χ0) is 16.0. The molecule has 1 aromatic carbocycles. The van der Waals surface area contributed by atoms with E-state index < -0.39 is 10.5 Å². The summed E-state index contributed by atoms with van der Waals surface area (Å²) >= 11 is 1.56. The van der Waals surface area contributed by atoms with E-state index in [2.05, 4.69) is 5.32 Å². The molecule has 7 heteroatoms. The third-order valence-electron chi connectivity index (χ3n) is 2.65. The topological polar surface area (TPSA) is 84.6 Å². The highest BCUT2D eigenvalue weighted by Gasteiger charge is 2.21. The van der Waals surface area contributed by atoms with Crippen molar-refractivity contribution in [1.29, 1.82) is 0 Å². The van der Waals surface area contributed by atoms with Crippen LogP contribution in [0.1, 0.15) is 20.8 Å². The van der Waals surface area contributed by atoms with Crippen molar-refractivity contribution in [1.82, 2.24) is 0 Å². The molecule has 0 spiro atoms. The highest BCUT2D eigenvalue weighted by Crippen LogP contribution is 2.31. The van der Waals surface area contributed by atoms with Crippen molar-refractivity contribution in [3.8, 4) is 5.75 Å². The fraction of sp³-hybridized carbons (Fsp3) is 0.571. The van der Waals surface area contributed by atoms with Crippen LogP contribution in [0, 0.1) is 10.1 Å². The van der Waals surface area contributed by atoms with Gasteiger partial charge in [0.05, 0.1) is 16.6 Å². The summed E-state index contributed by atoms with van der Waals surface area (Å²) in [4.78, 5) is 10.5. The second-order valence-electron chi connectivity index (χ2n) is 5.39. The van der Waals surface area contributed by atoms with E-state index in [4.69, 9.17) is 4.74 Å². The first-order valence-electron chi connectivity index (χ1n) is 6.65. The number of benzene rings is 1. The molecule has 118 valence electrons. The lowest BCUT2D eigenvalue weighted by atomic mass is 10.1.